The molecule has 2 aromatic rings. The second-order valence-electron chi connectivity index (χ2n) is 7.07. The molecular weight excluding hydrogens is 296 g/mol. The van der Waals surface area contributed by atoms with Gasteiger partial charge in [-0.1, -0.05) is 55.2 Å². The van der Waals surface area contributed by atoms with Gasteiger partial charge in [0.2, 0.25) is 0 Å². The fourth-order valence-corrected chi connectivity index (χ4v) is 4.08. The van der Waals surface area contributed by atoms with E-state index >= 15 is 0 Å². The number of hydrogen-bond acceptors (Lipinski definition) is 2. The van der Waals surface area contributed by atoms with Crippen LogP contribution in [0, 0.1) is 6.92 Å². The highest BCUT2D eigenvalue weighted by Gasteiger charge is 2.34. The van der Waals surface area contributed by atoms with Crippen LogP contribution in [0.4, 0.5) is 0 Å². The smallest absolute Gasteiger partial charge is 0.160 e. The number of ether oxygens (including phenoxy) is 2. The molecular formula is C22H28O2. The Morgan fingerprint density at radius 2 is 1.50 bits per heavy atom. The van der Waals surface area contributed by atoms with E-state index in [1.165, 1.54) is 48.8 Å². The van der Waals surface area contributed by atoms with Gasteiger partial charge in [-0.15, -0.1) is 0 Å². The van der Waals surface area contributed by atoms with Crippen LogP contribution in [0.3, 0.4) is 0 Å². The summed E-state index contributed by atoms with van der Waals surface area (Å²) in [5.41, 5.74) is 4.40. The minimum atomic E-state index is 0.256. The van der Waals surface area contributed by atoms with Crippen LogP contribution in [0.5, 0.6) is 11.5 Å². The van der Waals surface area contributed by atoms with Gasteiger partial charge in [0, 0.05) is 0 Å². The summed E-state index contributed by atoms with van der Waals surface area (Å²) in [6, 6.07) is 15.5. The van der Waals surface area contributed by atoms with Gasteiger partial charge in [-0.2, -0.15) is 0 Å². The van der Waals surface area contributed by atoms with E-state index in [-0.39, 0.29) is 5.41 Å². The van der Waals surface area contributed by atoms with E-state index in [4.69, 9.17) is 9.47 Å². The number of rotatable bonds is 5. The molecule has 128 valence electrons. The predicted molar refractivity (Wildman–Crippen MR) is 99.2 cm³/mol. The lowest BCUT2D eigenvalue weighted by atomic mass is 9.66. The van der Waals surface area contributed by atoms with Crippen molar-refractivity contribution >= 4 is 0 Å². The molecule has 2 aromatic carbocycles. The summed E-state index contributed by atoms with van der Waals surface area (Å²) in [6.45, 7) is 2.16. The van der Waals surface area contributed by atoms with Crippen molar-refractivity contribution in [3.05, 3.63) is 59.2 Å². The third-order valence-corrected chi connectivity index (χ3v) is 5.47. The van der Waals surface area contributed by atoms with Crippen molar-refractivity contribution in [2.45, 2.75) is 50.9 Å². The molecule has 2 heteroatoms. The van der Waals surface area contributed by atoms with E-state index in [0.29, 0.717) is 0 Å². The van der Waals surface area contributed by atoms with E-state index in [1.807, 2.05) is 6.07 Å². The van der Waals surface area contributed by atoms with E-state index < -0.39 is 0 Å². The molecule has 0 saturated heterocycles. The van der Waals surface area contributed by atoms with Gasteiger partial charge in [-0.05, 0) is 54.9 Å². The van der Waals surface area contributed by atoms with Crippen LogP contribution in [-0.4, -0.2) is 14.2 Å². The van der Waals surface area contributed by atoms with Gasteiger partial charge in [0.1, 0.15) is 0 Å². The Morgan fingerprint density at radius 1 is 0.833 bits per heavy atom. The maximum atomic E-state index is 5.50. The molecule has 0 radical (unpaired) electrons. The van der Waals surface area contributed by atoms with Crippen molar-refractivity contribution in [3.8, 4) is 11.5 Å². The molecule has 0 unspecified atom stereocenters. The van der Waals surface area contributed by atoms with E-state index in [2.05, 4.69) is 43.3 Å². The van der Waals surface area contributed by atoms with Crippen LogP contribution in [-0.2, 0) is 11.8 Å². The Bertz CT molecular complexity index is 667. The average Bonchev–Trinajstić information content (AvgIpc) is 2.63. The molecule has 0 spiro atoms. The Morgan fingerprint density at radius 3 is 2.12 bits per heavy atom. The van der Waals surface area contributed by atoms with Crippen molar-refractivity contribution in [1.82, 2.24) is 0 Å². The summed E-state index contributed by atoms with van der Waals surface area (Å²) in [5, 5.41) is 0. The highest BCUT2D eigenvalue weighted by atomic mass is 16.5. The summed E-state index contributed by atoms with van der Waals surface area (Å²) >= 11 is 0. The molecule has 1 saturated carbocycles. The van der Waals surface area contributed by atoms with Gasteiger partial charge in [0.25, 0.3) is 0 Å². The molecule has 1 fully saturated rings. The van der Waals surface area contributed by atoms with E-state index in [1.54, 1.807) is 14.2 Å². The van der Waals surface area contributed by atoms with Crippen LogP contribution >= 0.6 is 0 Å². The van der Waals surface area contributed by atoms with E-state index in [9.17, 15) is 0 Å². The lowest BCUT2D eigenvalue weighted by Gasteiger charge is -2.38. The molecule has 24 heavy (non-hydrogen) atoms. The van der Waals surface area contributed by atoms with Crippen LogP contribution in [0.2, 0.25) is 0 Å². The van der Waals surface area contributed by atoms with Gasteiger partial charge >= 0.3 is 0 Å². The molecule has 0 aliphatic heterocycles. The number of benzene rings is 2. The summed E-state index contributed by atoms with van der Waals surface area (Å²) in [6.07, 6.45) is 7.60. The summed E-state index contributed by atoms with van der Waals surface area (Å²) in [4.78, 5) is 0. The molecule has 1 aliphatic rings. The minimum absolute atomic E-state index is 0.256. The van der Waals surface area contributed by atoms with Crippen LogP contribution in [0.25, 0.3) is 0 Å². The van der Waals surface area contributed by atoms with Crippen molar-refractivity contribution in [3.63, 3.8) is 0 Å². The third kappa shape index (κ3) is 3.43. The highest BCUT2D eigenvalue weighted by Crippen LogP contribution is 2.43. The molecule has 0 bridgehead atoms. The Balaban J connectivity index is 1.94. The normalized spacial score (nSPS) is 16.6. The van der Waals surface area contributed by atoms with Crippen molar-refractivity contribution in [2.75, 3.05) is 14.2 Å². The van der Waals surface area contributed by atoms with Crippen LogP contribution in [0.1, 0.15) is 48.8 Å². The number of aryl methyl sites for hydroxylation is 1. The lowest BCUT2D eigenvalue weighted by Crippen LogP contribution is -2.31. The molecule has 3 rings (SSSR count). The topological polar surface area (TPSA) is 18.5 Å². The summed E-state index contributed by atoms with van der Waals surface area (Å²) < 4.78 is 10.9. The molecule has 0 amide bonds. The summed E-state index contributed by atoms with van der Waals surface area (Å²) in [7, 11) is 3.39. The second-order valence-corrected chi connectivity index (χ2v) is 7.07. The number of methoxy groups -OCH3 is 2. The van der Waals surface area contributed by atoms with E-state index in [0.717, 1.165) is 17.9 Å². The Labute approximate surface area is 145 Å². The van der Waals surface area contributed by atoms with Gasteiger partial charge < -0.3 is 9.47 Å². The van der Waals surface area contributed by atoms with Gasteiger partial charge in [-0.25, -0.2) is 0 Å². The molecule has 1 aliphatic carbocycles. The Hall–Kier alpha value is -1.96. The monoisotopic (exact) mass is 324 g/mol. The minimum Gasteiger partial charge on any atom is -0.493 e. The standard InChI is InChI=1S/C22H28O2/c1-17-7-10-19(11-8-17)22(13-5-4-6-14-22)16-18-9-12-20(23-2)21(15-18)24-3/h7-12,15H,4-6,13-14,16H2,1-3H3. The summed E-state index contributed by atoms with van der Waals surface area (Å²) in [5.74, 6) is 1.62. The zero-order chi connectivity index (χ0) is 17.0. The fraction of sp³-hybridized carbons (Fsp3) is 0.455. The molecule has 0 heterocycles. The SMILES string of the molecule is COc1ccc(CC2(c3ccc(C)cc3)CCCCC2)cc1OC. The second kappa shape index (κ2) is 7.29. The van der Waals surface area contributed by atoms with Crippen LogP contribution < -0.4 is 9.47 Å². The first kappa shape index (κ1) is 16.9. The quantitative estimate of drug-likeness (QED) is 0.727. The van der Waals surface area contributed by atoms with Crippen molar-refractivity contribution in [2.24, 2.45) is 0 Å². The molecule has 2 nitrogen and oxygen atoms in total. The molecule has 0 N–H and O–H groups in total. The van der Waals surface area contributed by atoms with Gasteiger partial charge in [0.05, 0.1) is 14.2 Å². The highest BCUT2D eigenvalue weighted by molar-refractivity contribution is 5.44. The third-order valence-electron chi connectivity index (χ3n) is 5.47. The van der Waals surface area contributed by atoms with Gasteiger partial charge in [0.15, 0.2) is 11.5 Å². The average molecular weight is 324 g/mol. The van der Waals surface area contributed by atoms with Crippen molar-refractivity contribution < 1.29 is 9.47 Å². The predicted octanol–water partition coefficient (Wildman–Crippen LogP) is 5.46. The molecule has 0 atom stereocenters. The first-order valence-electron chi connectivity index (χ1n) is 8.95. The first-order chi connectivity index (χ1) is 11.7. The largest absolute Gasteiger partial charge is 0.493 e. The first-order valence-corrected chi connectivity index (χ1v) is 8.95. The molecule has 0 aromatic heterocycles. The zero-order valence-corrected chi connectivity index (χ0v) is 15.1. The zero-order valence-electron chi connectivity index (χ0n) is 15.1. The van der Waals surface area contributed by atoms with Gasteiger partial charge in [-0.3, -0.25) is 0 Å². The Kier molecular flexibility index (Phi) is 5.13. The van der Waals surface area contributed by atoms with Crippen LogP contribution in [0.15, 0.2) is 42.5 Å². The number of hydrogen-bond donors (Lipinski definition) is 0. The maximum absolute atomic E-state index is 5.50. The fourth-order valence-electron chi connectivity index (χ4n) is 4.08. The van der Waals surface area contributed by atoms with Crippen molar-refractivity contribution in [1.29, 1.82) is 0 Å². The maximum Gasteiger partial charge on any atom is 0.160 e. The lowest BCUT2D eigenvalue weighted by molar-refractivity contribution is 0.289.